The minimum absolute atomic E-state index is 0.433. The first-order chi connectivity index (χ1) is 10.3. The maximum absolute atomic E-state index is 5.68. The van der Waals surface area contributed by atoms with E-state index in [9.17, 15) is 0 Å². The summed E-state index contributed by atoms with van der Waals surface area (Å²) in [4.78, 5) is 2.57. The van der Waals surface area contributed by atoms with Gasteiger partial charge in [-0.3, -0.25) is 4.90 Å². The minimum atomic E-state index is 0.433. The normalized spacial score (nSPS) is 23.1. The van der Waals surface area contributed by atoms with Crippen LogP contribution in [0.3, 0.4) is 0 Å². The van der Waals surface area contributed by atoms with E-state index in [0.29, 0.717) is 12.1 Å². The minimum Gasteiger partial charge on any atom is -0.380 e. The third-order valence-corrected chi connectivity index (χ3v) is 4.20. The van der Waals surface area contributed by atoms with Crippen LogP contribution in [0.2, 0.25) is 0 Å². The first kappa shape index (κ1) is 16.2. The summed E-state index contributed by atoms with van der Waals surface area (Å²) in [5.41, 5.74) is 1.38. The highest BCUT2D eigenvalue weighted by atomic mass is 16.5. The van der Waals surface area contributed by atoms with Gasteiger partial charge in [-0.05, 0) is 18.4 Å². The van der Waals surface area contributed by atoms with Crippen molar-refractivity contribution in [3.63, 3.8) is 0 Å². The van der Waals surface area contributed by atoms with Gasteiger partial charge in [0.1, 0.15) is 0 Å². The van der Waals surface area contributed by atoms with Gasteiger partial charge in [0.2, 0.25) is 0 Å². The fourth-order valence-electron chi connectivity index (χ4n) is 2.89. The number of rotatable bonds is 8. The molecule has 21 heavy (non-hydrogen) atoms. The predicted octanol–water partition coefficient (Wildman–Crippen LogP) is 3.00. The molecule has 0 bridgehead atoms. The summed E-state index contributed by atoms with van der Waals surface area (Å²) in [6.45, 7) is 10.7. The molecule has 0 spiro atoms. The van der Waals surface area contributed by atoms with E-state index in [1.54, 1.807) is 0 Å². The molecule has 1 heterocycles. The second-order valence-electron chi connectivity index (χ2n) is 5.62. The summed E-state index contributed by atoms with van der Waals surface area (Å²) in [6, 6.07) is 11.8. The van der Waals surface area contributed by atoms with Gasteiger partial charge in [0.25, 0.3) is 0 Å². The molecule has 0 aliphatic carbocycles. The summed E-state index contributed by atoms with van der Waals surface area (Å²) in [5, 5.41) is 3.68. The van der Waals surface area contributed by atoms with E-state index < -0.39 is 0 Å². The Bertz CT molecular complexity index is 407. The fourth-order valence-corrected chi connectivity index (χ4v) is 2.89. The van der Waals surface area contributed by atoms with E-state index in [4.69, 9.17) is 4.74 Å². The van der Waals surface area contributed by atoms with Gasteiger partial charge in [0, 0.05) is 31.7 Å². The van der Waals surface area contributed by atoms with Gasteiger partial charge in [0.15, 0.2) is 0 Å². The molecule has 3 heteroatoms. The molecule has 0 saturated carbocycles. The SMILES string of the molecule is C=CCCOCCN1CC(c2ccccc2)NCC1CC. The molecule has 1 aliphatic rings. The van der Waals surface area contributed by atoms with Crippen molar-refractivity contribution in [2.24, 2.45) is 0 Å². The molecule has 1 aromatic rings. The summed E-state index contributed by atoms with van der Waals surface area (Å²) in [5.74, 6) is 0. The van der Waals surface area contributed by atoms with Gasteiger partial charge in [-0.1, -0.05) is 43.3 Å². The average Bonchev–Trinajstić information content (AvgIpc) is 2.55. The third kappa shape index (κ3) is 4.95. The van der Waals surface area contributed by atoms with Crippen LogP contribution in [-0.4, -0.2) is 43.8 Å². The summed E-state index contributed by atoms with van der Waals surface area (Å²) in [7, 11) is 0. The molecule has 0 aromatic heterocycles. The molecule has 3 nitrogen and oxygen atoms in total. The molecule has 2 unspecified atom stereocenters. The molecular weight excluding hydrogens is 260 g/mol. The van der Waals surface area contributed by atoms with Crippen molar-refractivity contribution in [1.29, 1.82) is 0 Å². The van der Waals surface area contributed by atoms with E-state index >= 15 is 0 Å². The van der Waals surface area contributed by atoms with Gasteiger partial charge in [-0.2, -0.15) is 0 Å². The quantitative estimate of drug-likeness (QED) is 0.588. The third-order valence-electron chi connectivity index (χ3n) is 4.20. The van der Waals surface area contributed by atoms with Crippen LogP contribution in [0.4, 0.5) is 0 Å². The standard InChI is InChI=1S/C18H28N2O/c1-3-5-12-21-13-11-20-15-18(19-14-17(20)4-2)16-9-7-6-8-10-16/h3,6-10,17-19H,1,4-5,11-15H2,2H3. The van der Waals surface area contributed by atoms with Crippen LogP contribution in [-0.2, 0) is 4.74 Å². The Kier molecular flexibility index (Phi) is 6.93. The van der Waals surface area contributed by atoms with Crippen LogP contribution in [0.1, 0.15) is 31.4 Å². The summed E-state index contributed by atoms with van der Waals surface area (Å²) >= 11 is 0. The lowest BCUT2D eigenvalue weighted by Gasteiger charge is -2.40. The number of hydrogen-bond acceptors (Lipinski definition) is 3. The smallest absolute Gasteiger partial charge is 0.0593 e. The van der Waals surface area contributed by atoms with Crippen LogP contribution in [0, 0.1) is 0 Å². The van der Waals surface area contributed by atoms with Crippen LogP contribution in [0.5, 0.6) is 0 Å². The van der Waals surface area contributed by atoms with Crippen molar-refractivity contribution in [2.45, 2.75) is 31.8 Å². The Balaban J connectivity index is 1.85. The molecule has 0 radical (unpaired) electrons. The predicted molar refractivity (Wildman–Crippen MR) is 88.5 cm³/mol. The number of nitrogens with one attached hydrogen (secondary N) is 1. The van der Waals surface area contributed by atoms with Gasteiger partial charge in [-0.15, -0.1) is 6.58 Å². The zero-order valence-corrected chi connectivity index (χ0v) is 13.1. The highest BCUT2D eigenvalue weighted by molar-refractivity contribution is 5.20. The van der Waals surface area contributed by atoms with Gasteiger partial charge in [0.05, 0.1) is 13.2 Å². The molecule has 1 aliphatic heterocycles. The van der Waals surface area contributed by atoms with E-state index in [1.165, 1.54) is 12.0 Å². The average molecular weight is 288 g/mol. The molecule has 1 N–H and O–H groups in total. The second kappa shape index (κ2) is 8.98. The van der Waals surface area contributed by atoms with E-state index in [0.717, 1.165) is 39.3 Å². The van der Waals surface area contributed by atoms with Gasteiger partial charge < -0.3 is 10.1 Å². The lowest BCUT2D eigenvalue weighted by Crippen LogP contribution is -2.53. The van der Waals surface area contributed by atoms with Crippen molar-refractivity contribution in [2.75, 3.05) is 32.8 Å². The maximum atomic E-state index is 5.68. The van der Waals surface area contributed by atoms with Crippen LogP contribution < -0.4 is 5.32 Å². The van der Waals surface area contributed by atoms with Crippen molar-refractivity contribution >= 4 is 0 Å². The second-order valence-corrected chi connectivity index (χ2v) is 5.62. The first-order valence-electron chi connectivity index (χ1n) is 8.06. The van der Waals surface area contributed by atoms with Crippen LogP contribution in [0.25, 0.3) is 0 Å². The zero-order valence-electron chi connectivity index (χ0n) is 13.1. The molecule has 1 fully saturated rings. The Morgan fingerprint density at radius 3 is 2.86 bits per heavy atom. The highest BCUT2D eigenvalue weighted by Crippen LogP contribution is 2.20. The van der Waals surface area contributed by atoms with Gasteiger partial charge in [-0.25, -0.2) is 0 Å². The van der Waals surface area contributed by atoms with Crippen LogP contribution in [0.15, 0.2) is 43.0 Å². The maximum Gasteiger partial charge on any atom is 0.0593 e. The van der Waals surface area contributed by atoms with Crippen molar-refractivity contribution < 1.29 is 4.74 Å². The Morgan fingerprint density at radius 2 is 2.14 bits per heavy atom. The lowest BCUT2D eigenvalue weighted by molar-refractivity contribution is 0.0656. The number of benzene rings is 1. The largest absolute Gasteiger partial charge is 0.380 e. The molecular formula is C18H28N2O. The van der Waals surface area contributed by atoms with E-state index in [2.05, 4.69) is 54.1 Å². The van der Waals surface area contributed by atoms with E-state index in [-0.39, 0.29) is 0 Å². The highest BCUT2D eigenvalue weighted by Gasteiger charge is 2.26. The molecule has 2 atom stereocenters. The monoisotopic (exact) mass is 288 g/mol. The van der Waals surface area contributed by atoms with E-state index in [1.807, 2.05) is 6.08 Å². The fraction of sp³-hybridized carbons (Fsp3) is 0.556. The van der Waals surface area contributed by atoms with Crippen molar-refractivity contribution in [1.82, 2.24) is 10.2 Å². The Labute approximate surface area is 129 Å². The molecule has 2 rings (SSSR count). The number of piperazine rings is 1. The molecule has 116 valence electrons. The molecule has 0 amide bonds. The number of nitrogens with zero attached hydrogens (tertiary/aromatic N) is 1. The summed E-state index contributed by atoms with van der Waals surface area (Å²) < 4.78 is 5.68. The lowest BCUT2D eigenvalue weighted by atomic mass is 10.0. The van der Waals surface area contributed by atoms with Gasteiger partial charge >= 0.3 is 0 Å². The zero-order chi connectivity index (χ0) is 14.9. The Hall–Kier alpha value is -1.16. The van der Waals surface area contributed by atoms with Crippen molar-refractivity contribution in [3.8, 4) is 0 Å². The summed E-state index contributed by atoms with van der Waals surface area (Å²) in [6.07, 6.45) is 4.03. The van der Waals surface area contributed by atoms with Crippen LogP contribution >= 0.6 is 0 Å². The number of hydrogen-bond donors (Lipinski definition) is 1. The first-order valence-corrected chi connectivity index (χ1v) is 8.06. The molecule has 1 saturated heterocycles. The Morgan fingerprint density at radius 1 is 1.33 bits per heavy atom. The topological polar surface area (TPSA) is 24.5 Å². The van der Waals surface area contributed by atoms with Crippen molar-refractivity contribution in [3.05, 3.63) is 48.6 Å². The molecule has 1 aromatic carbocycles. The number of ether oxygens (including phenoxy) is 1.